The molecule has 0 spiro atoms. The van der Waals surface area contributed by atoms with Crippen molar-refractivity contribution in [2.24, 2.45) is 0 Å². The van der Waals surface area contributed by atoms with E-state index in [1.54, 1.807) is 18.2 Å². The molecule has 154 valence electrons. The summed E-state index contributed by atoms with van der Waals surface area (Å²) in [5.41, 5.74) is 2.14. The molecule has 2 amide bonds. The second-order valence-corrected chi connectivity index (χ2v) is 6.76. The predicted molar refractivity (Wildman–Crippen MR) is 107 cm³/mol. The highest BCUT2D eigenvalue weighted by Gasteiger charge is 2.28. The first kappa shape index (κ1) is 22.1. The number of hydrogen-bond donors (Lipinski definition) is 2. The molecule has 0 aromatic heterocycles. The maximum atomic E-state index is 14.0. The molecule has 0 fully saturated rings. The summed E-state index contributed by atoms with van der Waals surface area (Å²) in [6, 6.07) is 11.5. The van der Waals surface area contributed by atoms with Gasteiger partial charge in [0.2, 0.25) is 11.8 Å². The average molecular weight is 400 g/mol. The molecule has 2 aromatic carbocycles. The Bertz CT molecular complexity index is 885. The number of carbonyl (C=O) groups is 3. The standard InChI is InChI=1S/C22H25FN2O4/c1-14-8-4-5-9-16(14)12-20(22(28)29-3)25-21(27)19(24-15(2)26)13-17-10-6-7-11-18(17)23/h4-11,19-20H,12-13H2,1-3H3,(H,24,26)(H,25,27)/t19-,20+/m1/s1. The Morgan fingerprint density at radius 2 is 1.52 bits per heavy atom. The summed E-state index contributed by atoms with van der Waals surface area (Å²) in [5.74, 6) is -2.10. The Morgan fingerprint density at radius 1 is 0.931 bits per heavy atom. The normalized spacial score (nSPS) is 12.6. The first-order valence-corrected chi connectivity index (χ1v) is 9.25. The average Bonchev–Trinajstić information content (AvgIpc) is 2.69. The molecule has 2 atom stereocenters. The molecule has 7 heteroatoms. The van der Waals surface area contributed by atoms with Crippen molar-refractivity contribution in [3.8, 4) is 0 Å². The van der Waals surface area contributed by atoms with E-state index in [4.69, 9.17) is 4.74 Å². The van der Waals surface area contributed by atoms with Gasteiger partial charge in [-0.25, -0.2) is 9.18 Å². The third kappa shape index (κ3) is 6.41. The van der Waals surface area contributed by atoms with E-state index in [-0.39, 0.29) is 18.4 Å². The van der Waals surface area contributed by atoms with Gasteiger partial charge in [-0.15, -0.1) is 0 Å². The van der Waals surface area contributed by atoms with Crippen LogP contribution in [0.4, 0.5) is 4.39 Å². The summed E-state index contributed by atoms with van der Waals surface area (Å²) in [4.78, 5) is 36.6. The van der Waals surface area contributed by atoms with Gasteiger partial charge in [-0.2, -0.15) is 0 Å². The molecule has 2 aromatic rings. The van der Waals surface area contributed by atoms with Crippen molar-refractivity contribution in [1.29, 1.82) is 0 Å². The summed E-state index contributed by atoms with van der Waals surface area (Å²) in [7, 11) is 1.24. The zero-order valence-electron chi connectivity index (χ0n) is 16.7. The molecule has 2 rings (SSSR count). The molecule has 0 heterocycles. The zero-order valence-corrected chi connectivity index (χ0v) is 16.7. The van der Waals surface area contributed by atoms with E-state index in [1.807, 2.05) is 31.2 Å². The minimum atomic E-state index is -1.03. The molecule has 0 radical (unpaired) electrons. The second-order valence-electron chi connectivity index (χ2n) is 6.76. The molecule has 0 saturated heterocycles. The summed E-state index contributed by atoms with van der Waals surface area (Å²) in [6.45, 7) is 3.18. The van der Waals surface area contributed by atoms with Gasteiger partial charge in [0, 0.05) is 19.8 Å². The van der Waals surface area contributed by atoms with Gasteiger partial charge in [-0.05, 0) is 29.7 Å². The number of nitrogens with one attached hydrogen (secondary N) is 2. The minimum absolute atomic E-state index is 0.0453. The van der Waals surface area contributed by atoms with Gasteiger partial charge in [0.05, 0.1) is 7.11 Å². The number of amides is 2. The Morgan fingerprint density at radius 3 is 2.10 bits per heavy atom. The molecule has 0 unspecified atom stereocenters. The lowest BCUT2D eigenvalue weighted by Gasteiger charge is -2.22. The third-order valence-electron chi connectivity index (χ3n) is 4.56. The van der Waals surface area contributed by atoms with Crippen LogP contribution in [0.25, 0.3) is 0 Å². The number of hydrogen-bond acceptors (Lipinski definition) is 4. The lowest BCUT2D eigenvalue weighted by molar-refractivity contribution is -0.145. The van der Waals surface area contributed by atoms with Crippen molar-refractivity contribution in [2.45, 2.75) is 38.8 Å². The molecule has 0 saturated carbocycles. The fraction of sp³-hybridized carbons (Fsp3) is 0.318. The highest BCUT2D eigenvalue weighted by Crippen LogP contribution is 2.12. The van der Waals surface area contributed by atoms with Gasteiger partial charge in [0.15, 0.2) is 0 Å². The first-order valence-electron chi connectivity index (χ1n) is 9.25. The number of benzene rings is 2. The van der Waals surface area contributed by atoms with Crippen molar-refractivity contribution in [3.63, 3.8) is 0 Å². The molecule has 0 aliphatic heterocycles. The molecule has 0 bridgehead atoms. The quantitative estimate of drug-likeness (QED) is 0.665. The van der Waals surface area contributed by atoms with Crippen molar-refractivity contribution < 1.29 is 23.5 Å². The Balaban J connectivity index is 2.20. The number of halogens is 1. The van der Waals surface area contributed by atoms with Gasteiger partial charge in [-0.3, -0.25) is 9.59 Å². The Hall–Kier alpha value is -3.22. The molecular weight excluding hydrogens is 375 g/mol. The van der Waals surface area contributed by atoms with Crippen LogP contribution in [0.15, 0.2) is 48.5 Å². The lowest BCUT2D eigenvalue weighted by Crippen LogP contribution is -2.53. The summed E-state index contributed by atoms with van der Waals surface area (Å²) < 4.78 is 18.8. The first-order chi connectivity index (χ1) is 13.8. The fourth-order valence-corrected chi connectivity index (χ4v) is 3.01. The van der Waals surface area contributed by atoms with E-state index in [9.17, 15) is 18.8 Å². The number of ether oxygens (including phenoxy) is 1. The van der Waals surface area contributed by atoms with Gasteiger partial charge in [0.1, 0.15) is 17.9 Å². The second kappa shape index (κ2) is 10.4. The van der Waals surface area contributed by atoms with Crippen molar-refractivity contribution in [3.05, 3.63) is 71.0 Å². The van der Waals surface area contributed by atoms with Gasteiger partial charge in [0.25, 0.3) is 0 Å². The van der Waals surface area contributed by atoms with Crippen LogP contribution in [0.1, 0.15) is 23.6 Å². The Labute approximate surface area is 169 Å². The topological polar surface area (TPSA) is 84.5 Å². The number of methoxy groups -OCH3 is 1. The molecule has 0 aliphatic rings. The van der Waals surface area contributed by atoms with Crippen LogP contribution < -0.4 is 10.6 Å². The van der Waals surface area contributed by atoms with Crippen molar-refractivity contribution in [1.82, 2.24) is 10.6 Å². The van der Waals surface area contributed by atoms with Crippen LogP contribution in [0.5, 0.6) is 0 Å². The number of carbonyl (C=O) groups excluding carboxylic acids is 3. The van der Waals surface area contributed by atoms with Gasteiger partial charge < -0.3 is 15.4 Å². The number of rotatable bonds is 8. The van der Waals surface area contributed by atoms with E-state index in [0.29, 0.717) is 0 Å². The lowest BCUT2D eigenvalue weighted by atomic mass is 10.00. The van der Waals surface area contributed by atoms with E-state index < -0.39 is 35.7 Å². The summed E-state index contributed by atoms with van der Waals surface area (Å²) >= 11 is 0. The largest absolute Gasteiger partial charge is 0.467 e. The number of aryl methyl sites for hydroxylation is 1. The maximum absolute atomic E-state index is 14.0. The molecular formula is C22H25FN2O4. The van der Waals surface area contributed by atoms with Crippen molar-refractivity contribution >= 4 is 17.8 Å². The van der Waals surface area contributed by atoms with Crippen LogP contribution in [0, 0.1) is 12.7 Å². The monoisotopic (exact) mass is 400 g/mol. The molecule has 6 nitrogen and oxygen atoms in total. The van der Waals surface area contributed by atoms with Crippen molar-refractivity contribution in [2.75, 3.05) is 7.11 Å². The van der Waals surface area contributed by atoms with E-state index >= 15 is 0 Å². The van der Waals surface area contributed by atoms with Gasteiger partial charge in [-0.1, -0.05) is 42.5 Å². The van der Waals surface area contributed by atoms with Crippen LogP contribution in [-0.2, 0) is 32.0 Å². The highest BCUT2D eigenvalue weighted by molar-refractivity contribution is 5.90. The Kier molecular flexibility index (Phi) is 7.88. The van der Waals surface area contributed by atoms with E-state index in [2.05, 4.69) is 10.6 Å². The third-order valence-corrected chi connectivity index (χ3v) is 4.56. The minimum Gasteiger partial charge on any atom is -0.467 e. The van der Waals surface area contributed by atoms with Crippen LogP contribution in [0.2, 0.25) is 0 Å². The van der Waals surface area contributed by atoms with Crippen LogP contribution in [0.3, 0.4) is 0 Å². The molecule has 29 heavy (non-hydrogen) atoms. The smallest absolute Gasteiger partial charge is 0.328 e. The van der Waals surface area contributed by atoms with Gasteiger partial charge >= 0.3 is 5.97 Å². The van der Waals surface area contributed by atoms with E-state index in [1.165, 1.54) is 20.1 Å². The molecule has 2 N–H and O–H groups in total. The maximum Gasteiger partial charge on any atom is 0.328 e. The zero-order chi connectivity index (χ0) is 21.4. The predicted octanol–water partition coefficient (Wildman–Crippen LogP) is 2.08. The molecule has 0 aliphatic carbocycles. The highest BCUT2D eigenvalue weighted by atomic mass is 19.1. The SMILES string of the molecule is COC(=O)[C@H](Cc1ccccc1C)NC(=O)[C@@H](Cc1ccccc1F)NC(C)=O. The number of esters is 1. The van der Waals surface area contributed by atoms with Crippen LogP contribution in [-0.4, -0.2) is 37.0 Å². The summed E-state index contributed by atoms with van der Waals surface area (Å²) in [5, 5.41) is 5.16. The fourth-order valence-electron chi connectivity index (χ4n) is 3.01. The summed E-state index contributed by atoms with van der Waals surface area (Å²) in [6.07, 6.45) is 0.188. The van der Waals surface area contributed by atoms with E-state index in [0.717, 1.165) is 11.1 Å². The van der Waals surface area contributed by atoms with Crippen LogP contribution >= 0.6 is 0 Å².